The molecule has 1 amide bonds. The molecule has 7 heteroatoms. The van der Waals surface area contributed by atoms with Crippen LogP contribution >= 0.6 is 0 Å². The average Bonchev–Trinajstić information content (AvgIpc) is 2.93. The first-order valence-electron chi connectivity index (χ1n) is 13.2. The molecule has 204 valence electrons. The number of hydrogen-bond donors (Lipinski definition) is 1. The third-order valence-corrected chi connectivity index (χ3v) is 6.97. The number of ether oxygens (including phenoxy) is 1. The molecule has 1 atom stereocenters. The Balaban J connectivity index is 1.95. The molecule has 0 radical (unpaired) electrons. The number of halogens is 1. The standard InChI is InChI=1S/C32H35FN2O4/c1-20(2)29(35(16-8-15-34)32(37)23-12-11-21(3)27(33)18-23)31-26(17-22-9-6-5-7-10-22)30(36)25-14-13-24(38-4)19-28(25)39-31/h5-7,9-14,18-20,29H,8,15-17,34H2,1-4H3. The molecule has 3 aromatic carbocycles. The maximum atomic E-state index is 14.5. The molecular weight excluding hydrogens is 495 g/mol. The molecular formula is C32H35FN2O4. The Hall–Kier alpha value is -3.97. The predicted molar refractivity (Wildman–Crippen MR) is 152 cm³/mol. The van der Waals surface area contributed by atoms with Gasteiger partial charge in [-0.05, 0) is 61.2 Å². The van der Waals surface area contributed by atoms with E-state index in [-0.39, 0.29) is 22.8 Å². The fourth-order valence-corrected chi connectivity index (χ4v) is 4.89. The minimum Gasteiger partial charge on any atom is -0.497 e. The summed E-state index contributed by atoms with van der Waals surface area (Å²) in [4.78, 5) is 29.6. The van der Waals surface area contributed by atoms with Crippen LogP contribution in [-0.4, -0.2) is 31.0 Å². The topological polar surface area (TPSA) is 85.8 Å². The van der Waals surface area contributed by atoms with Crippen molar-refractivity contribution in [2.24, 2.45) is 11.7 Å². The molecule has 1 heterocycles. The van der Waals surface area contributed by atoms with Gasteiger partial charge >= 0.3 is 0 Å². The molecule has 2 N–H and O–H groups in total. The van der Waals surface area contributed by atoms with Gasteiger partial charge in [0.25, 0.3) is 5.91 Å². The van der Waals surface area contributed by atoms with E-state index in [1.165, 1.54) is 6.07 Å². The summed E-state index contributed by atoms with van der Waals surface area (Å²) in [6.45, 7) is 6.29. The van der Waals surface area contributed by atoms with Crippen molar-refractivity contribution in [2.75, 3.05) is 20.2 Å². The molecule has 0 bridgehead atoms. The van der Waals surface area contributed by atoms with E-state index in [9.17, 15) is 14.0 Å². The second-order valence-electron chi connectivity index (χ2n) is 10.1. The SMILES string of the molecule is COc1ccc2c(=O)c(Cc3ccccc3)c(C(C(C)C)N(CCCN)C(=O)c3ccc(C)c(F)c3)oc2c1. The van der Waals surface area contributed by atoms with Crippen LogP contribution in [-0.2, 0) is 6.42 Å². The highest BCUT2D eigenvalue weighted by Crippen LogP contribution is 2.35. The quantitative estimate of drug-likeness (QED) is 0.271. The second-order valence-corrected chi connectivity index (χ2v) is 10.1. The van der Waals surface area contributed by atoms with Gasteiger partial charge in [0.05, 0.1) is 18.5 Å². The molecule has 4 rings (SSSR count). The number of nitrogens with zero attached hydrogens (tertiary/aromatic N) is 1. The van der Waals surface area contributed by atoms with Gasteiger partial charge in [-0.3, -0.25) is 9.59 Å². The van der Waals surface area contributed by atoms with E-state index in [0.29, 0.717) is 59.5 Å². The normalized spacial score (nSPS) is 12.1. The van der Waals surface area contributed by atoms with Crippen molar-refractivity contribution in [3.63, 3.8) is 0 Å². The maximum absolute atomic E-state index is 14.5. The lowest BCUT2D eigenvalue weighted by molar-refractivity contribution is 0.0587. The number of aryl methyl sites for hydroxylation is 1. The molecule has 0 aliphatic heterocycles. The lowest BCUT2D eigenvalue weighted by atomic mass is 9.91. The number of nitrogens with two attached hydrogens (primary N) is 1. The molecule has 0 saturated carbocycles. The van der Waals surface area contributed by atoms with Crippen LogP contribution in [0.25, 0.3) is 11.0 Å². The Labute approximate surface area is 228 Å². The van der Waals surface area contributed by atoms with Crippen molar-refractivity contribution in [3.8, 4) is 5.75 Å². The van der Waals surface area contributed by atoms with Crippen LogP contribution in [0, 0.1) is 18.7 Å². The molecule has 39 heavy (non-hydrogen) atoms. The first kappa shape index (κ1) is 28.0. The van der Waals surface area contributed by atoms with E-state index in [0.717, 1.165) is 5.56 Å². The largest absolute Gasteiger partial charge is 0.497 e. The highest BCUT2D eigenvalue weighted by Gasteiger charge is 2.34. The fourth-order valence-electron chi connectivity index (χ4n) is 4.89. The van der Waals surface area contributed by atoms with Crippen LogP contribution in [0.2, 0.25) is 0 Å². The first-order chi connectivity index (χ1) is 18.7. The fraction of sp³-hybridized carbons (Fsp3) is 0.312. The van der Waals surface area contributed by atoms with Crippen LogP contribution in [0.5, 0.6) is 5.75 Å². The van der Waals surface area contributed by atoms with Crippen LogP contribution < -0.4 is 15.9 Å². The molecule has 6 nitrogen and oxygen atoms in total. The molecule has 0 fully saturated rings. The van der Waals surface area contributed by atoms with Crippen LogP contribution in [0.4, 0.5) is 4.39 Å². The zero-order valence-corrected chi connectivity index (χ0v) is 22.9. The molecule has 0 aliphatic carbocycles. The zero-order chi connectivity index (χ0) is 28.1. The molecule has 0 saturated heterocycles. The summed E-state index contributed by atoms with van der Waals surface area (Å²) in [5, 5.41) is 0.438. The molecule has 1 aromatic heterocycles. The number of fused-ring (bicyclic) bond motifs is 1. The molecule has 0 spiro atoms. The molecule has 1 unspecified atom stereocenters. The third-order valence-electron chi connectivity index (χ3n) is 6.97. The Morgan fingerprint density at radius 1 is 1.08 bits per heavy atom. The van der Waals surface area contributed by atoms with Gasteiger partial charge in [0.1, 0.15) is 22.9 Å². The number of carbonyl (C=O) groups is 1. The Morgan fingerprint density at radius 2 is 1.82 bits per heavy atom. The van der Waals surface area contributed by atoms with Crippen molar-refractivity contribution in [1.29, 1.82) is 0 Å². The minimum absolute atomic E-state index is 0.136. The van der Waals surface area contributed by atoms with Crippen molar-refractivity contribution < 1.29 is 18.3 Å². The van der Waals surface area contributed by atoms with Gasteiger partial charge in [0, 0.05) is 30.2 Å². The lowest BCUT2D eigenvalue weighted by Gasteiger charge is -2.35. The number of benzene rings is 3. The second kappa shape index (κ2) is 12.3. The summed E-state index contributed by atoms with van der Waals surface area (Å²) in [6.07, 6.45) is 0.866. The van der Waals surface area contributed by atoms with Gasteiger partial charge in [0.2, 0.25) is 0 Å². The molecule has 0 aliphatic rings. The Bertz CT molecular complexity index is 1510. The minimum atomic E-state index is -0.601. The average molecular weight is 531 g/mol. The van der Waals surface area contributed by atoms with Crippen molar-refractivity contribution in [2.45, 2.75) is 39.7 Å². The van der Waals surface area contributed by atoms with E-state index in [4.69, 9.17) is 14.9 Å². The van der Waals surface area contributed by atoms with Gasteiger partial charge in [-0.2, -0.15) is 0 Å². The summed E-state index contributed by atoms with van der Waals surface area (Å²) >= 11 is 0. The summed E-state index contributed by atoms with van der Waals surface area (Å²) in [7, 11) is 1.55. The Kier molecular flexibility index (Phi) is 8.82. The van der Waals surface area contributed by atoms with Crippen molar-refractivity contribution in [1.82, 2.24) is 4.90 Å². The van der Waals surface area contributed by atoms with E-state index in [2.05, 4.69) is 0 Å². The van der Waals surface area contributed by atoms with Gasteiger partial charge in [0.15, 0.2) is 5.43 Å². The number of hydrogen-bond acceptors (Lipinski definition) is 5. The summed E-state index contributed by atoms with van der Waals surface area (Å²) < 4.78 is 26.4. The van der Waals surface area contributed by atoms with Gasteiger partial charge in [-0.1, -0.05) is 50.2 Å². The van der Waals surface area contributed by atoms with E-state index in [1.807, 2.05) is 44.2 Å². The molecule has 4 aromatic rings. The summed E-state index contributed by atoms with van der Waals surface area (Å²) in [6, 6.07) is 18.7. The monoisotopic (exact) mass is 530 g/mol. The van der Waals surface area contributed by atoms with Crippen LogP contribution in [0.3, 0.4) is 0 Å². The predicted octanol–water partition coefficient (Wildman–Crippen LogP) is 6.03. The highest BCUT2D eigenvalue weighted by atomic mass is 19.1. The number of methoxy groups -OCH3 is 1. The zero-order valence-electron chi connectivity index (χ0n) is 22.9. The lowest BCUT2D eigenvalue weighted by Crippen LogP contribution is -2.40. The van der Waals surface area contributed by atoms with Crippen molar-refractivity contribution >= 4 is 16.9 Å². The maximum Gasteiger partial charge on any atom is 0.254 e. The van der Waals surface area contributed by atoms with Crippen LogP contribution in [0.1, 0.15) is 59.1 Å². The van der Waals surface area contributed by atoms with E-state index < -0.39 is 11.9 Å². The summed E-state index contributed by atoms with van der Waals surface area (Å²) in [5.41, 5.74) is 8.20. The van der Waals surface area contributed by atoms with Gasteiger partial charge in [-0.25, -0.2) is 4.39 Å². The van der Waals surface area contributed by atoms with E-state index >= 15 is 0 Å². The third kappa shape index (κ3) is 6.04. The van der Waals surface area contributed by atoms with Crippen molar-refractivity contribution in [3.05, 3.63) is 111 Å². The highest BCUT2D eigenvalue weighted by molar-refractivity contribution is 5.94. The number of carbonyl (C=O) groups excluding carboxylic acids is 1. The van der Waals surface area contributed by atoms with Crippen LogP contribution in [0.15, 0.2) is 75.9 Å². The first-order valence-corrected chi connectivity index (χ1v) is 13.2. The van der Waals surface area contributed by atoms with E-state index in [1.54, 1.807) is 49.3 Å². The summed E-state index contributed by atoms with van der Waals surface area (Å²) in [5.74, 6) is 0.0370. The number of rotatable bonds is 10. The van der Waals surface area contributed by atoms with Gasteiger partial charge in [-0.15, -0.1) is 0 Å². The smallest absolute Gasteiger partial charge is 0.254 e. The van der Waals surface area contributed by atoms with Gasteiger partial charge < -0.3 is 19.8 Å². The number of amides is 1. The Morgan fingerprint density at radius 3 is 2.46 bits per heavy atom.